The van der Waals surface area contributed by atoms with Gasteiger partial charge in [0, 0.05) is 18.5 Å². The molecule has 4 nitrogen and oxygen atoms in total. The van der Waals surface area contributed by atoms with Crippen LogP contribution in [0.5, 0.6) is 0 Å². The molecule has 0 saturated heterocycles. The molecular formula is C11H21N3O. The van der Waals surface area contributed by atoms with Crippen LogP contribution in [0.1, 0.15) is 32.4 Å². The topological polar surface area (TPSA) is 55.3 Å². The lowest BCUT2D eigenvalue weighted by molar-refractivity contribution is 0.281. The van der Waals surface area contributed by atoms with Crippen LogP contribution in [0.3, 0.4) is 0 Å². The molecule has 1 heterocycles. The normalized spacial score (nSPS) is 12.4. The molecule has 0 aromatic carbocycles. The molecule has 4 heteroatoms. The largest absolute Gasteiger partial charge is 0.444 e. The minimum atomic E-state index is 0.0255. The lowest BCUT2D eigenvalue weighted by Gasteiger charge is -2.14. The second-order valence-electron chi connectivity index (χ2n) is 4.89. The Bertz CT molecular complexity index is 301. The number of hydrogen-bond donors (Lipinski definition) is 1. The number of aromatic nitrogens is 1. The van der Waals surface area contributed by atoms with E-state index in [0.29, 0.717) is 13.1 Å². The van der Waals surface area contributed by atoms with Gasteiger partial charge in [0.1, 0.15) is 5.76 Å². The summed E-state index contributed by atoms with van der Waals surface area (Å²) in [7, 11) is 2.01. The van der Waals surface area contributed by atoms with Gasteiger partial charge in [-0.25, -0.2) is 4.98 Å². The first kappa shape index (κ1) is 12.2. The zero-order valence-electron chi connectivity index (χ0n) is 10.1. The van der Waals surface area contributed by atoms with Gasteiger partial charge in [-0.05, 0) is 7.05 Å². The fourth-order valence-electron chi connectivity index (χ4n) is 1.26. The molecule has 0 radical (unpaired) electrons. The molecule has 1 rings (SSSR count). The highest BCUT2D eigenvalue weighted by atomic mass is 16.4. The van der Waals surface area contributed by atoms with Gasteiger partial charge in [-0.3, -0.25) is 4.90 Å². The molecule has 0 saturated carbocycles. The van der Waals surface area contributed by atoms with Crippen LogP contribution in [0, 0.1) is 0 Å². The lowest BCUT2D eigenvalue weighted by atomic mass is 9.94. The van der Waals surface area contributed by atoms with Crippen molar-refractivity contribution >= 4 is 0 Å². The second-order valence-corrected chi connectivity index (χ2v) is 4.89. The highest BCUT2D eigenvalue weighted by Crippen LogP contribution is 2.22. The summed E-state index contributed by atoms with van der Waals surface area (Å²) in [5.41, 5.74) is 5.49. The van der Waals surface area contributed by atoms with Gasteiger partial charge in [-0.1, -0.05) is 20.8 Å². The van der Waals surface area contributed by atoms with Gasteiger partial charge in [0.05, 0.1) is 12.7 Å². The zero-order valence-corrected chi connectivity index (χ0v) is 10.1. The van der Waals surface area contributed by atoms with Gasteiger partial charge in [-0.15, -0.1) is 0 Å². The number of oxazole rings is 1. The van der Waals surface area contributed by atoms with Crippen molar-refractivity contribution < 1.29 is 4.42 Å². The van der Waals surface area contributed by atoms with E-state index in [9.17, 15) is 0 Å². The molecule has 0 spiro atoms. The summed E-state index contributed by atoms with van der Waals surface area (Å²) in [6.45, 7) is 8.56. The molecule has 0 amide bonds. The lowest BCUT2D eigenvalue weighted by Crippen LogP contribution is -2.25. The minimum Gasteiger partial charge on any atom is -0.444 e. The molecule has 0 bridgehead atoms. The van der Waals surface area contributed by atoms with Crippen molar-refractivity contribution in [2.24, 2.45) is 5.73 Å². The molecule has 0 unspecified atom stereocenters. The standard InChI is InChI=1S/C11H21N3O/c1-11(2,3)9-7-13-10(15-9)8-14(4)6-5-12/h7H,5-6,8,12H2,1-4H3. The molecule has 1 aromatic rings. The SMILES string of the molecule is CN(CCN)Cc1ncc(C(C)(C)C)o1. The van der Waals surface area contributed by atoms with Crippen molar-refractivity contribution in [1.82, 2.24) is 9.88 Å². The Morgan fingerprint density at radius 1 is 1.47 bits per heavy atom. The van der Waals surface area contributed by atoms with Crippen LogP contribution < -0.4 is 5.73 Å². The first-order chi connectivity index (χ1) is 6.93. The van der Waals surface area contributed by atoms with Gasteiger partial charge >= 0.3 is 0 Å². The summed E-state index contributed by atoms with van der Waals surface area (Å²) < 4.78 is 5.67. The van der Waals surface area contributed by atoms with E-state index in [2.05, 4.69) is 30.7 Å². The average Bonchev–Trinajstić information content (AvgIpc) is 2.52. The van der Waals surface area contributed by atoms with Gasteiger partial charge in [-0.2, -0.15) is 0 Å². The number of hydrogen-bond acceptors (Lipinski definition) is 4. The maximum absolute atomic E-state index is 5.67. The minimum absolute atomic E-state index is 0.0255. The summed E-state index contributed by atoms with van der Waals surface area (Å²) in [5.74, 6) is 1.69. The van der Waals surface area contributed by atoms with Crippen molar-refractivity contribution in [2.45, 2.75) is 32.7 Å². The summed E-state index contributed by atoms with van der Waals surface area (Å²) in [6, 6.07) is 0. The highest BCUT2D eigenvalue weighted by Gasteiger charge is 2.19. The van der Waals surface area contributed by atoms with Crippen LogP contribution in [0.15, 0.2) is 10.6 Å². The third-order valence-corrected chi connectivity index (χ3v) is 2.21. The quantitative estimate of drug-likeness (QED) is 0.817. The number of nitrogens with two attached hydrogens (primary N) is 1. The maximum atomic E-state index is 5.67. The first-order valence-corrected chi connectivity index (χ1v) is 5.27. The Hall–Kier alpha value is -0.870. The predicted octanol–water partition coefficient (Wildman–Crippen LogP) is 1.36. The maximum Gasteiger partial charge on any atom is 0.208 e. The van der Waals surface area contributed by atoms with Crippen molar-refractivity contribution in [1.29, 1.82) is 0 Å². The Balaban J connectivity index is 2.61. The monoisotopic (exact) mass is 211 g/mol. The molecule has 15 heavy (non-hydrogen) atoms. The Kier molecular flexibility index (Phi) is 3.88. The number of nitrogens with zero attached hydrogens (tertiary/aromatic N) is 2. The second kappa shape index (κ2) is 4.77. The molecule has 86 valence electrons. The third kappa shape index (κ3) is 3.64. The highest BCUT2D eigenvalue weighted by molar-refractivity contribution is 5.05. The molecule has 2 N–H and O–H groups in total. The van der Waals surface area contributed by atoms with Crippen LogP contribution in [-0.2, 0) is 12.0 Å². The molecule has 0 aliphatic carbocycles. The number of rotatable bonds is 4. The summed E-state index contributed by atoms with van der Waals surface area (Å²) >= 11 is 0. The predicted molar refractivity (Wildman–Crippen MR) is 60.6 cm³/mol. The van der Waals surface area contributed by atoms with Gasteiger partial charge < -0.3 is 10.2 Å². The van der Waals surface area contributed by atoms with Crippen LogP contribution in [-0.4, -0.2) is 30.0 Å². The van der Waals surface area contributed by atoms with Crippen LogP contribution in [0.25, 0.3) is 0 Å². The van der Waals surface area contributed by atoms with Crippen LogP contribution in [0.4, 0.5) is 0 Å². The molecule has 0 aliphatic heterocycles. The van der Waals surface area contributed by atoms with E-state index in [-0.39, 0.29) is 5.41 Å². The van der Waals surface area contributed by atoms with Crippen molar-refractivity contribution in [3.05, 3.63) is 17.8 Å². The van der Waals surface area contributed by atoms with E-state index in [1.165, 1.54) is 0 Å². The van der Waals surface area contributed by atoms with Crippen molar-refractivity contribution in [2.75, 3.05) is 20.1 Å². The van der Waals surface area contributed by atoms with E-state index in [1.807, 2.05) is 13.2 Å². The Labute approximate surface area is 91.5 Å². The fourth-order valence-corrected chi connectivity index (χ4v) is 1.26. The van der Waals surface area contributed by atoms with E-state index in [4.69, 9.17) is 10.2 Å². The van der Waals surface area contributed by atoms with E-state index in [0.717, 1.165) is 18.2 Å². The summed E-state index contributed by atoms with van der Waals surface area (Å²) in [4.78, 5) is 6.35. The van der Waals surface area contributed by atoms with Gasteiger partial charge in [0.25, 0.3) is 0 Å². The van der Waals surface area contributed by atoms with Crippen LogP contribution in [0.2, 0.25) is 0 Å². The molecule has 0 aliphatic rings. The zero-order chi connectivity index (χ0) is 11.5. The molecule has 1 aromatic heterocycles. The first-order valence-electron chi connectivity index (χ1n) is 5.27. The van der Waals surface area contributed by atoms with Gasteiger partial charge in [0.15, 0.2) is 0 Å². The van der Waals surface area contributed by atoms with E-state index < -0.39 is 0 Å². The Morgan fingerprint density at radius 3 is 2.60 bits per heavy atom. The molecule has 0 fully saturated rings. The average molecular weight is 211 g/mol. The van der Waals surface area contributed by atoms with E-state index >= 15 is 0 Å². The Morgan fingerprint density at radius 2 is 2.13 bits per heavy atom. The van der Waals surface area contributed by atoms with Crippen molar-refractivity contribution in [3.8, 4) is 0 Å². The fraction of sp³-hybridized carbons (Fsp3) is 0.727. The van der Waals surface area contributed by atoms with Gasteiger partial charge in [0.2, 0.25) is 5.89 Å². The smallest absolute Gasteiger partial charge is 0.208 e. The summed E-state index contributed by atoms with van der Waals surface area (Å²) in [5, 5.41) is 0. The number of likely N-dealkylation sites (N-methyl/N-ethyl adjacent to an activating group) is 1. The molecule has 0 atom stereocenters. The van der Waals surface area contributed by atoms with E-state index in [1.54, 1.807) is 0 Å². The summed E-state index contributed by atoms with van der Waals surface area (Å²) in [6.07, 6.45) is 1.81. The van der Waals surface area contributed by atoms with Crippen molar-refractivity contribution in [3.63, 3.8) is 0 Å². The molecular weight excluding hydrogens is 190 g/mol. The third-order valence-electron chi connectivity index (χ3n) is 2.21. The van der Waals surface area contributed by atoms with Crippen LogP contribution >= 0.6 is 0 Å².